The molecule has 3 aromatic heterocycles. The highest BCUT2D eigenvalue weighted by Gasteiger charge is 2.26. The molecule has 1 aliphatic heterocycles. The summed E-state index contributed by atoms with van der Waals surface area (Å²) in [7, 11) is 1.96. The molecule has 4 rings (SSSR count). The minimum absolute atomic E-state index is 0.0637. The third-order valence-electron chi connectivity index (χ3n) is 4.44. The van der Waals surface area contributed by atoms with Crippen molar-refractivity contribution in [2.24, 2.45) is 7.05 Å². The van der Waals surface area contributed by atoms with Crippen molar-refractivity contribution in [3.63, 3.8) is 0 Å². The van der Waals surface area contributed by atoms with Gasteiger partial charge in [0.05, 0.1) is 6.10 Å². The first-order valence-electron chi connectivity index (χ1n) is 7.69. The van der Waals surface area contributed by atoms with E-state index in [1.807, 2.05) is 42.2 Å². The number of hydrogen-bond acceptors (Lipinski definition) is 3. The molecule has 1 fully saturated rings. The van der Waals surface area contributed by atoms with E-state index < -0.39 is 6.10 Å². The Morgan fingerprint density at radius 1 is 1.43 bits per heavy atom. The molecule has 0 bridgehead atoms. The second-order valence-corrected chi connectivity index (χ2v) is 6.02. The zero-order valence-corrected chi connectivity index (χ0v) is 12.9. The average Bonchev–Trinajstić information content (AvgIpc) is 3.27. The molecule has 23 heavy (non-hydrogen) atoms. The van der Waals surface area contributed by atoms with Crippen LogP contribution in [0.5, 0.6) is 0 Å². The zero-order valence-electron chi connectivity index (χ0n) is 12.9. The molecule has 1 saturated heterocycles. The zero-order chi connectivity index (χ0) is 16.0. The normalized spacial score (nSPS) is 18.0. The molecule has 1 aliphatic rings. The largest absolute Gasteiger partial charge is 0.391 e. The highest BCUT2D eigenvalue weighted by Crippen LogP contribution is 2.28. The van der Waals surface area contributed by atoms with Crippen LogP contribution < -0.4 is 0 Å². The van der Waals surface area contributed by atoms with E-state index in [9.17, 15) is 9.90 Å². The van der Waals surface area contributed by atoms with Gasteiger partial charge in [0.15, 0.2) is 0 Å². The number of aliphatic hydroxyl groups is 1. The number of aromatic amines is 1. The predicted octanol–water partition coefficient (Wildman–Crippen LogP) is 1.78. The minimum Gasteiger partial charge on any atom is -0.391 e. The number of aliphatic hydroxyl groups excluding tert-OH is 1. The Balaban J connectivity index is 1.68. The van der Waals surface area contributed by atoms with Gasteiger partial charge in [0, 0.05) is 49.7 Å². The monoisotopic (exact) mass is 310 g/mol. The first kappa shape index (κ1) is 14.0. The van der Waals surface area contributed by atoms with Gasteiger partial charge in [-0.25, -0.2) is 4.98 Å². The lowest BCUT2D eigenvalue weighted by Crippen LogP contribution is -2.29. The molecule has 6 nitrogen and oxygen atoms in total. The standard InChI is InChI=1S/C17H18N4O2/c1-20-6-4-14-13(2-5-18-16(14)20)11-8-15(19-9-11)17(23)21-7-3-12(22)10-21/h2,4-6,8-9,12,19,22H,3,7,10H2,1H3. The Kier molecular flexibility index (Phi) is 3.20. The van der Waals surface area contributed by atoms with E-state index >= 15 is 0 Å². The summed E-state index contributed by atoms with van der Waals surface area (Å²) < 4.78 is 1.98. The van der Waals surface area contributed by atoms with E-state index in [1.54, 1.807) is 11.1 Å². The SMILES string of the molecule is Cn1ccc2c(-c3c[nH]c(C(=O)N4CCC(O)C4)c3)ccnc21. The third kappa shape index (κ3) is 2.31. The van der Waals surface area contributed by atoms with Crippen molar-refractivity contribution in [2.75, 3.05) is 13.1 Å². The van der Waals surface area contributed by atoms with E-state index in [0.29, 0.717) is 25.2 Å². The highest BCUT2D eigenvalue weighted by atomic mass is 16.3. The number of aromatic nitrogens is 3. The van der Waals surface area contributed by atoms with Gasteiger partial charge in [-0.2, -0.15) is 0 Å². The quantitative estimate of drug-likeness (QED) is 0.757. The Morgan fingerprint density at radius 3 is 3.09 bits per heavy atom. The number of β-amino-alcohol motifs (C(OH)–C–C–N with tert-alkyl or cyclic N) is 1. The van der Waals surface area contributed by atoms with Gasteiger partial charge in [0.1, 0.15) is 11.3 Å². The van der Waals surface area contributed by atoms with E-state index in [1.165, 1.54) is 0 Å². The summed E-state index contributed by atoms with van der Waals surface area (Å²) in [5.41, 5.74) is 3.48. The van der Waals surface area contributed by atoms with Crippen molar-refractivity contribution in [2.45, 2.75) is 12.5 Å². The summed E-state index contributed by atoms with van der Waals surface area (Å²) in [5, 5.41) is 10.6. The van der Waals surface area contributed by atoms with Crippen molar-refractivity contribution in [1.29, 1.82) is 0 Å². The Morgan fingerprint density at radius 2 is 2.30 bits per heavy atom. The molecule has 0 aliphatic carbocycles. The van der Waals surface area contributed by atoms with E-state index in [0.717, 1.165) is 22.2 Å². The van der Waals surface area contributed by atoms with Crippen molar-refractivity contribution >= 4 is 16.9 Å². The molecule has 4 heterocycles. The summed E-state index contributed by atoms with van der Waals surface area (Å²) in [6, 6.07) is 5.86. The van der Waals surface area contributed by atoms with E-state index in [-0.39, 0.29) is 5.91 Å². The molecule has 6 heteroatoms. The number of amides is 1. The van der Waals surface area contributed by atoms with Crippen LogP contribution in [0.1, 0.15) is 16.9 Å². The van der Waals surface area contributed by atoms with Gasteiger partial charge in [-0.15, -0.1) is 0 Å². The van der Waals surface area contributed by atoms with Crippen LogP contribution in [0.25, 0.3) is 22.2 Å². The maximum Gasteiger partial charge on any atom is 0.270 e. The van der Waals surface area contributed by atoms with E-state index in [2.05, 4.69) is 9.97 Å². The number of hydrogen-bond donors (Lipinski definition) is 2. The van der Waals surface area contributed by atoms with Gasteiger partial charge in [0.2, 0.25) is 0 Å². The van der Waals surface area contributed by atoms with Crippen LogP contribution in [0.4, 0.5) is 0 Å². The maximum absolute atomic E-state index is 12.5. The van der Waals surface area contributed by atoms with Gasteiger partial charge in [-0.05, 0) is 30.2 Å². The second kappa shape index (κ2) is 5.24. The molecule has 2 N–H and O–H groups in total. The smallest absolute Gasteiger partial charge is 0.270 e. The molecule has 3 aromatic rings. The number of rotatable bonds is 2. The molecule has 118 valence electrons. The molecule has 1 atom stereocenters. The average molecular weight is 310 g/mol. The third-order valence-corrected chi connectivity index (χ3v) is 4.44. The number of H-pyrrole nitrogens is 1. The number of carbonyl (C=O) groups excluding carboxylic acids is 1. The molecule has 1 amide bonds. The second-order valence-electron chi connectivity index (χ2n) is 6.02. The van der Waals surface area contributed by atoms with Gasteiger partial charge in [-0.1, -0.05) is 0 Å². The molecule has 0 saturated carbocycles. The van der Waals surface area contributed by atoms with Crippen molar-refractivity contribution in [1.82, 2.24) is 19.4 Å². The molecule has 1 unspecified atom stereocenters. The fourth-order valence-electron chi connectivity index (χ4n) is 3.19. The highest BCUT2D eigenvalue weighted by molar-refractivity contribution is 5.97. The van der Waals surface area contributed by atoms with Crippen LogP contribution in [-0.4, -0.2) is 49.6 Å². The lowest BCUT2D eigenvalue weighted by Gasteiger charge is -2.13. The molecular weight excluding hydrogens is 292 g/mol. The fourth-order valence-corrected chi connectivity index (χ4v) is 3.19. The van der Waals surface area contributed by atoms with Crippen LogP contribution in [-0.2, 0) is 7.05 Å². The Labute approximate surface area is 133 Å². The molecule has 0 aromatic carbocycles. The number of aryl methyl sites for hydroxylation is 1. The van der Waals surface area contributed by atoms with Crippen LogP contribution in [0.3, 0.4) is 0 Å². The van der Waals surface area contributed by atoms with E-state index in [4.69, 9.17) is 0 Å². The maximum atomic E-state index is 12.5. The van der Waals surface area contributed by atoms with Crippen molar-refractivity contribution < 1.29 is 9.90 Å². The van der Waals surface area contributed by atoms with Gasteiger partial charge in [0.25, 0.3) is 5.91 Å². The summed E-state index contributed by atoms with van der Waals surface area (Å²) in [6.45, 7) is 1.01. The van der Waals surface area contributed by atoms with Gasteiger partial charge >= 0.3 is 0 Å². The lowest BCUT2D eigenvalue weighted by molar-refractivity contribution is 0.0760. The Hall–Kier alpha value is -2.60. The fraction of sp³-hybridized carbons (Fsp3) is 0.294. The first-order valence-corrected chi connectivity index (χ1v) is 7.69. The topological polar surface area (TPSA) is 74.2 Å². The summed E-state index contributed by atoms with van der Waals surface area (Å²) >= 11 is 0. The van der Waals surface area contributed by atoms with Crippen molar-refractivity contribution in [3.8, 4) is 11.1 Å². The first-order chi connectivity index (χ1) is 11.1. The minimum atomic E-state index is -0.405. The number of pyridine rings is 1. The van der Waals surface area contributed by atoms with Crippen molar-refractivity contribution in [3.05, 3.63) is 42.5 Å². The van der Waals surface area contributed by atoms with Crippen LogP contribution in [0.15, 0.2) is 36.8 Å². The van der Waals surface area contributed by atoms with Crippen LogP contribution in [0.2, 0.25) is 0 Å². The number of nitrogens with zero attached hydrogens (tertiary/aromatic N) is 3. The number of likely N-dealkylation sites (tertiary alicyclic amines) is 1. The summed E-state index contributed by atoms with van der Waals surface area (Å²) in [6.07, 6.45) is 5.85. The number of carbonyl (C=O) groups is 1. The summed E-state index contributed by atoms with van der Waals surface area (Å²) in [5.74, 6) is -0.0637. The van der Waals surface area contributed by atoms with Gasteiger partial charge in [-0.3, -0.25) is 4.79 Å². The number of fused-ring (bicyclic) bond motifs is 1. The number of nitrogens with one attached hydrogen (secondary N) is 1. The molecule has 0 radical (unpaired) electrons. The predicted molar refractivity (Wildman–Crippen MR) is 87.0 cm³/mol. The lowest BCUT2D eigenvalue weighted by atomic mass is 10.1. The van der Waals surface area contributed by atoms with Gasteiger partial charge < -0.3 is 19.6 Å². The Bertz CT molecular complexity index is 880. The van der Waals surface area contributed by atoms with Crippen LogP contribution >= 0.6 is 0 Å². The van der Waals surface area contributed by atoms with Crippen LogP contribution in [0, 0.1) is 0 Å². The molecular formula is C17H18N4O2. The summed E-state index contributed by atoms with van der Waals surface area (Å²) in [4.78, 5) is 21.6. The molecule has 0 spiro atoms.